The van der Waals surface area contributed by atoms with Crippen LogP contribution in [0, 0.1) is 5.92 Å². The fraction of sp³-hybridized carbons (Fsp3) is 0.444. The standard InChI is InChI=1S/C27H32N4O6S/c1-38(36,37)22-9-7-19(8-10-22)15-31-24(32)27(28-25(31)33)11-13-29(14-12-27)16-21-17-30(26(34)35)18-23(21)20-5-3-2-4-6-20/h2-10,21,23H,11-18H2,1H3,(H,28,33)(H,34,35)/t21-,23+/m0/s1. The number of carboxylic acid groups (broad SMARTS) is 1. The van der Waals surface area contributed by atoms with Crippen LogP contribution in [0.5, 0.6) is 0 Å². The molecule has 3 saturated heterocycles. The highest BCUT2D eigenvalue weighted by Crippen LogP contribution is 2.36. The smallest absolute Gasteiger partial charge is 0.407 e. The van der Waals surface area contributed by atoms with E-state index in [1.165, 1.54) is 21.9 Å². The van der Waals surface area contributed by atoms with Crippen molar-refractivity contribution in [3.63, 3.8) is 0 Å². The van der Waals surface area contributed by atoms with Crippen LogP contribution in [0.2, 0.25) is 0 Å². The van der Waals surface area contributed by atoms with E-state index >= 15 is 0 Å². The lowest BCUT2D eigenvalue weighted by molar-refractivity contribution is -0.133. The van der Waals surface area contributed by atoms with E-state index in [0.29, 0.717) is 44.6 Å². The lowest BCUT2D eigenvalue weighted by Gasteiger charge is -2.38. The minimum absolute atomic E-state index is 0.0754. The van der Waals surface area contributed by atoms with Gasteiger partial charge in [0.1, 0.15) is 5.54 Å². The second-order valence-electron chi connectivity index (χ2n) is 10.6. The number of hydrogen-bond acceptors (Lipinski definition) is 6. The molecule has 2 atom stereocenters. The van der Waals surface area contributed by atoms with E-state index in [9.17, 15) is 27.9 Å². The van der Waals surface area contributed by atoms with Crippen LogP contribution < -0.4 is 5.32 Å². The molecule has 5 rings (SSSR count). The maximum absolute atomic E-state index is 13.4. The molecule has 10 nitrogen and oxygen atoms in total. The minimum Gasteiger partial charge on any atom is -0.465 e. The Bertz CT molecular complexity index is 1320. The van der Waals surface area contributed by atoms with Gasteiger partial charge in [-0.2, -0.15) is 0 Å². The van der Waals surface area contributed by atoms with Crippen molar-refractivity contribution in [3.8, 4) is 0 Å². The average Bonchev–Trinajstić information content (AvgIpc) is 3.41. The van der Waals surface area contributed by atoms with Crippen molar-refractivity contribution in [2.24, 2.45) is 5.92 Å². The molecule has 3 fully saturated rings. The summed E-state index contributed by atoms with van der Waals surface area (Å²) in [5.41, 5.74) is 0.863. The number of nitrogens with one attached hydrogen (secondary N) is 1. The van der Waals surface area contributed by atoms with Crippen molar-refractivity contribution < 1.29 is 27.9 Å². The summed E-state index contributed by atoms with van der Waals surface area (Å²) in [5, 5.41) is 12.5. The predicted octanol–water partition coefficient (Wildman–Crippen LogP) is 2.37. The molecule has 0 saturated carbocycles. The van der Waals surface area contributed by atoms with Gasteiger partial charge in [0, 0.05) is 44.9 Å². The number of imide groups is 1. The zero-order valence-corrected chi connectivity index (χ0v) is 22.1. The van der Waals surface area contributed by atoms with Crippen LogP contribution in [0.1, 0.15) is 29.9 Å². The monoisotopic (exact) mass is 540 g/mol. The van der Waals surface area contributed by atoms with Crippen LogP contribution in [0.4, 0.5) is 9.59 Å². The molecule has 3 aliphatic rings. The molecule has 0 unspecified atom stereocenters. The first-order valence-corrected chi connectivity index (χ1v) is 14.6. The van der Waals surface area contributed by atoms with Crippen molar-refractivity contribution in [1.82, 2.24) is 20.0 Å². The summed E-state index contributed by atoms with van der Waals surface area (Å²) in [6, 6.07) is 15.8. The van der Waals surface area contributed by atoms with E-state index in [1.807, 2.05) is 30.3 Å². The Kier molecular flexibility index (Phi) is 6.91. The first kappa shape index (κ1) is 26.2. The van der Waals surface area contributed by atoms with Crippen LogP contribution >= 0.6 is 0 Å². The summed E-state index contributed by atoms with van der Waals surface area (Å²) in [7, 11) is -3.33. The first-order chi connectivity index (χ1) is 18.1. The third-order valence-electron chi connectivity index (χ3n) is 8.08. The summed E-state index contributed by atoms with van der Waals surface area (Å²) in [4.78, 5) is 43.0. The highest BCUT2D eigenvalue weighted by molar-refractivity contribution is 7.90. The Labute approximate surface area is 222 Å². The highest BCUT2D eigenvalue weighted by atomic mass is 32.2. The molecule has 38 heavy (non-hydrogen) atoms. The Hall–Kier alpha value is -3.44. The van der Waals surface area contributed by atoms with Crippen LogP contribution in [-0.2, 0) is 21.2 Å². The number of benzene rings is 2. The number of likely N-dealkylation sites (tertiary alicyclic amines) is 2. The lowest BCUT2D eigenvalue weighted by atomic mass is 9.85. The Morgan fingerprint density at radius 3 is 2.29 bits per heavy atom. The molecule has 11 heteroatoms. The van der Waals surface area contributed by atoms with Gasteiger partial charge in [0.2, 0.25) is 0 Å². The number of rotatable bonds is 6. The molecule has 202 valence electrons. The molecule has 2 aromatic rings. The van der Waals surface area contributed by atoms with Gasteiger partial charge < -0.3 is 20.2 Å². The van der Waals surface area contributed by atoms with Gasteiger partial charge >= 0.3 is 12.1 Å². The van der Waals surface area contributed by atoms with Crippen molar-refractivity contribution in [1.29, 1.82) is 0 Å². The zero-order valence-electron chi connectivity index (χ0n) is 21.2. The summed E-state index contributed by atoms with van der Waals surface area (Å²) >= 11 is 0. The van der Waals surface area contributed by atoms with Gasteiger partial charge in [0.15, 0.2) is 9.84 Å². The van der Waals surface area contributed by atoms with Crippen molar-refractivity contribution in [2.75, 3.05) is 39.0 Å². The molecule has 4 amide bonds. The van der Waals surface area contributed by atoms with E-state index in [2.05, 4.69) is 10.2 Å². The van der Waals surface area contributed by atoms with Crippen molar-refractivity contribution in [3.05, 3.63) is 65.7 Å². The molecule has 2 N–H and O–H groups in total. The van der Waals surface area contributed by atoms with Gasteiger partial charge in [-0.05, 0) is 42.0 Å². The SMILES string of the molecule is CS(=O)(=O)c1ccc(CN2C(=O)NC3(CCN(C[C@H]4CN(C(=O)O)C[C@@H]4c4ccccc4)CC3)C2=O)cc1. The zero-order chi connectivity index (χ0) is 27.1. The Balaban J connectivity index is 1.22. The van der Waals surface area contributed by atoms with E-state index in [1.54, 1.807) is 12.1 Å². The number of hydrogen-bond donors (Lipinski definition) is 2. The number of amides is 4. The number of urea groups is 1. The predicted molar refractivity (Wildman–Crippen MR) is 139 cm³/mol. The molecule has 2 aromatic carbocycles. The first-order valence-electron chi connectivity index (χ1n) is 12.7. The normalized spacial score (nSPS) is 23.7. The van der Waals surface area contributed by atoms with Crippen molar-refractivity contribution in [2.45, 2.75) is 35.7 Å². The number of carbonyl (C=O) groups excluding carboxylic acids is 2. The van der Waals surface area contributed by atoms with E-state index in [-0.39, 0.29) is 29.2 Å². The largest absolute Gasteiger partial charge is 0.465 e. The van der Waals surface area contributed by atoms with Crippen molar-refractivity contribution >= 4 is 27.9 Å². The fourth-order valence-corrected chi connectivity index (χ4v) is 6.55. The topological polar surface area (TPSA) is 127 Å². The molecular formula is C27H32N4O6S. The minimum atomic E-state index is -3.33. The molecule has 0 aliphatic carbocycles. The summed E-state index contributed by atoms with van der Waals surface area (Å²) in [6.45, 7) is 2.97. The molecule has 1 spiro atoms. The van der Waals surface area contributed by atoms with Gasteiger partial charge in [-0.15, -0.1) is 0 Å². The second kappa shape index (κ2) is 10.0. The average molecular weight is 541 g/mol. The molecule has 0 radical (unpaired) electrons. The van der Waals surface area contributed by atoms with E-state index in [0.717, 1.165) is 18.4 Å². The maximum Gasteiger partial charge on any atom is 0.407 e. The second-order valence-corrected chi connectivity index (χ2v) is 12.6. The molecule has 3 aliphatic heterocycles. The van der Waals surface area contributed by atoms with Gasteiger partial charge in [-0.3, -0.25) is 9.69 Å². The van der Waals surface area contributed by atoms with Gasteiger partial charge in [-0.1, -0.05) is 42.5 Å². The summed E-state index contributed by atoms with van der Waals surface area (Å²) < 4.78 is 23.4. The maximum atomic E-state index is 13.4. The lowest BCUT2D eigenvalue weighted by Crippen LogP contribution is -2.55. The van der Waals surface area contributed by atoms with Gasteiger partial charge in [-0.25, -0.2) is 18.0 Å². The third-order valence-corrected chi connectivity index (χ3v) is 9.21. The number of carbonyl (C=O) groups is 3. The number of piperidine rings is 1. The molecule has 3 heterocycles. The van der Waals surface area contributed by atoms with E-state index < -0.39 is 27.5 Å². The fourth-order valence-electron chi connectivity index (χ4n) is 5.92. The quantitative estimate of drug-likeness (QED) is 0.539. The Morgan fingerprint density at radius 2 is 1.68 bits per heavy atom. The highest BCUT2D eigenvalue weighted by Gasteiger charge is 2.52. The molecule has 0 bridgehead atoms. The van der Waals surface area contributed by atoms with Crippen LogP contribution in [-0.4, -0.2) is 90.8 Å². The van der Waals surface area contributed by atoms with E-state index in [4.69, 9.17) is 0 Å². The summed E-state index contributed by atoms with van der Waals surface area (Å²) in [5.74, 6) is -0.00201. The Morgan fingerprint density at radius 1 is 1.03 bits per heavy atom. The van der Waals surface area contributed by atoms with Gasteiger partial charge in [0.25, 0.3) is 5.91 Å². The van der Waals surface area contributed by atoms with Crippen LogP contribution in [0.15, 0.2) is 59.5 Å². The molecule has 0 aromatic heterocycles. The van der Waals surface area contributed by atoms with Gasteiger partial charge in [0.05, 0.1) is 11.4 Å². The van der Waals surface area contributed by atoms with Crippen LogP contribution in [0.3, 0.4) is 0 Å². The van der Waals surface area contributed by atoms with Crippen LogP contribution in [0.25, 0.3) is 0 Å². The number of nitrogens with zero attached hydrogens (tertiary/aromatic N) is 3. The third kappa shape index (κ3) is 5.12. The number of sulfone groups is 1. The molecular weight excluding hydrogens is 508 g/mol. The summed E-state index contributed by atoms with van der Waals surface area (Å²) in [6.07, 6.45) is 1.18.